The molecule has 1 fully saturated rings. The van der Waals surface area contributed by atoms with Crippen molar-refractivity contribution in [1.82, 2.24) is 4.31 Å². The highest BCUT2D eigenvalue weighted by Gasteiger charge is 2.28. The van der Waals surface area contributed by atoms with Crippen LogP contribution in [-0.2, 0) is 16.4 Å². The highest BCUT2D eigenvalue weighted by molar-refractivity contribution is 7.89. The van der Waals surface area contributed by atoms with E-state index in [9.17, 15) is 8.42 Å². The van der Waals surface area contributed by atoms with Gasteiger partial charge in [-0.3, -0.25) is 0 Å². The molecule has 0 N–H and O–H groups in total. The summed E-state index contributed by atoms with van der Waals surface area (Å²) in [5.41, 5.74) is 2.17. The highest BCUT2D eigenvalue weighted by Crippen LogP contribution is 2.23. The van der Waals surface area contributed by atoms with Crippen LogP contribution < -0.4 is 4.90 Å². The van der Waals surface area contributed by atoms with Crippen molar-refractivity contribution in [3.05, 3.63) is 59.1 Å². The molecule has 24 heavy (non-hydrogen) atoms. The van der Waals surface area contributed by atoms with E-state index in [2.05, 4.69) is 11.8 Å². The Labute approximate surface area is 148 Å². The van der Waals surface area contributed by atoms with E-state index in [1.807, 2.05) is 36.4 Å². The molecule has 0 bridgehead atoms. The minimum absolute atomic E-state index is 0.371. The lowest BCUT2D eigenvalue weighted by molar-refractivity contribution is 0.385. The first-order valence-electron chi connectivity index (χ1n) is 8.10. The molecule has 1 aliphatic heterocycles. The molecule has 0 amide bonds. The number of piperazine rings is 1. The van der Waals surface area contributed by atoms with Crippen molar-refractivity contribution in [2.75, 3.05) is 31.1 Å². The molecule has 0 atom stereocenters. The van der Waals surface area contributed by atoms with Gasteiger partial charge in [0.15, 0.2) is 0 Å². The fourth-order valence-corrected chi connectivity index (χ4v) is 4.51. The SMILES string of the molecule is CCc1ccc(S(=O)(=O)N2CCN(c3cccc(Cl)c3)CC2)cc1. The molecule has 0 aliphatic carbocycles. The maximum absolute atomic E-state index is 12.8. The predicted molar refractivity (Wildman–Crippen MR) is 98.2 cm³/mol. The van der Waals surface area contributed by atoms with Gasteiger partial charge in [0.05, 0.1) is 4.90 Å². The Morgan fingerprint density at radius 3 is 2.25 bits per heavy atom. The minimum Gasteiger partial charge on any atom is -0.369 e. The largest absolute Gasteiger partial charge is 0.369 e. The van der Waals surface area contributed by atoms with E-state index in [1.165, 1.54) is 0 Å². The molecule has 0 saturated carbocycles. The van der Waals surface area contributed by atoms with Gasteiger partial charge >= 0.3 is 0 Å². The average Bonchev–Trinajstić information content (AvgIpc) is 2.62. The van der Waals surface area contributed by atoms with Crippen LogP contribution in [0.3, 0.4) is 0 Å². The quantitative estimate of drug-likeness (QED) is 0.834. The van der Waals surface area contributed by atoms with Gasteiger partial charge in [-0.1, -0.05) is 36.7 Å². The van der Waals surface area contributed by atoms with Crippen molar-refractivity contribution < 1.29 is 8.42 Å². The summed E-state index contributed by atoms with van der Waals surface area (Å²) in [5.74, 6) is 0. The summed E-state index contributed by atoms with van der Waals surface area (Å²) < 4.78 is 27.1. The molecule has 128 valence electrons. The maximum Gasteiger partial charge on any atom is 0.243 e. The molecule has 2 aromatic carbocycles. The molecule has 3 rings (SSSR count). The Balaban J connectivity index is 1.71. The van der Waals surface area contributed by atoms with E-state index < -0.39 is 10.0 Å². The van der Waals surface area contributed by atoms with Gasteiger partial charge in [0.25, 0.3) is 0 Å². The zero-order valence-corrected chi connectivity index (χ0v) is 15.2. The summed E-state index contributed by atoms with van der Waals surface area (Å²) in [4.78, 5) is 2.54. The van der Waals surface area contributed by atoms with Crippen molar-refractivity contribution in [2.24, 2.45) is 0 Å². The highest BCUT2D eigenvalue weighted by atomic mass is 35.5. The Morgan fingerprint density at radius 1 is 1.00 bits per heavy atom. The van der Waals surface area contributed by atoms with Gasteiger partial charge in [0, 0.05) is 36.9 Å². The fourth-order valence-electron chi connectivity index (χ4n) is 2.91. The van der Waals surface area contributed by atoms with Crippen LogP contribution >= 0.6 is 11.6 Å². The van der Waals surface area contributed by atoms with Crippen LogP contribution in [0.1, 0.15) is 12.5 Å². The Morgan fingerprint density at radius 2 is 1.67 bits per heavy atom. The number of halogens is 1. The molecule has 0 spiro atoms. The van der Waals surface area contributed by atoms with Crippen LogP contribution in [-0.4, -0.2) is 38.9 Å². The lowest BCUT2D eigenvalue weighted by atomic mass is 10.2. The predicted octanol–water partition coefficient (Wildman–Crippen LogP) is 3.41. The number of rotatable bonds is 4. The second kappa shape index (κ2) is 7.13. The molecule has 0 unspecified atom stereocenters. The first-order chi connectivity index (χ1) is 11.5. The molecular formula is C18H21ClN2O2S. The summed E-state index contributed by atoms with van der Waals surface area (Å²) in [6, 6.07) is 14.8. The van der Waals surface area contributed by atoms with E-state index >= 15 is 0 Å². The lowest BCUT2D eigenvalue weighted by Gasteiger charge is -2.35. The van der Waals surface area contributed by atoms with Gasteiger partial charge in [-0.25, -0.2) is 8.42 Å². The van der Waals surface area contributed by atoms with Crippen molar-refractivity contribution in [1.29, 1.82) is 0 Å². The monoisotopic (exact) mass is 364 g/mol. The third-order valence-corrected chi connectivity index (χ3v) is 6.53. The average molecular weight is 365 g/mol. The van der Waals surface area contributed by atoms with E-state index in [4.69, 9.17) is 11.6 Å². The van der Waals surface area contributed by atoms with E-state index in [0.29, 0.717) is 36.1 Å². The lowest BCUT2D eigenvalue weighted by Crippen LogP contribution is -2.48. The number of aryl methyl sites for hydroxylation is 1. The Kier molecular flexibility index (Phi) is 5.13. The summed E-state index contributed by atoms with van der Waals surface area (Å²) in [6.07, 6.45) is 0.901. The topological polar surface area (TPSA) is 40.6 Å². The molecule has 1 saturated heterocycles. The maximum atomic E-state index is 12.8. The van der Waals surface area contributed by atoms with Crippen molar-refractivity contribution in [3.63, 3.8) is 0 Å². The fraction of sp³-hybridized carbons (Fsp3) is 0.333. The zero-order valence-electron chi connectivity index (χ0n) is 13.7. The van der Waals surface area contributed by atoms with Crippen molar-refractivity contribution in [2.45, 2.75) is 18.2 Å². The summed E-state index contributed by atoms with van der Waals surface area (Å²) in [5, 5.41) is 0.693. The number of hydrogen-bond donors (Lipinski definition) is 0. The molecule has 4 nitrogen and oxygen atoms in total. The number of sulfonamides is 1. The molecule has 1 aliphatic rings. The first-order valence-corrected chi connectivity index (χ1v) is 9.92. The molecule has 1 heterocycles. The van der Waals surface area contributed by atoms with E-state index in [0.717, 1.165) is 17.7 Å². The van der Waals surface area contributed by atoms with Crippen LogP contribution in [0.5, 0.6) is 0 Å². The van der Waals surface area contributed by atoms with Crippen LogP contribution in [0.15, 0.2) is 53.4 Å². The van der Waals surface area contributed by atoms with Gasteiger partial charge in [0.1, 0.15) is 0 Å². The van der Waals surface area contributed by atoms with Crippen LogP contribution in [0, 0.1) is 0 Å². The molecule has 0 aromatic heterocycles. The van der Waals surface area contributed by atoms with Gasteiger partial charge in [0.2, 0.25) is 10.0 Å². The zero-order chi connectivity index (χ0) is 17.2. The van der Waals surface area contributed by atoms with Crippen LogP contribution in [0.2, 0.25) is 5.02 Å². The van der Waals surface area contributed by atoms with Crippen molar-refractivity contribution >= 4 is 27.3 Å². The van der Waals surface area contributed by atoms with Gasteiger partial charge in [-0.15, -0.1) is 0 Å². The number of nitrogens with zero attached hydrogens (tertiary/aromatic N) is 2. The molecule has 2 aromatic rings. The Hall–Kier alpha value is -1.56. The summed E-state index contributed by atoms with van der Waals surface area (Å²) >= 11 is 6.04. The van der Waals surface area contributed by atoms with Crippen molar-refractivity contribution in [3.8, 4) is 0 Å². The molecule has 0 radical (unpaired) electrons. The Bertz CT molecular complexity index is 798. The third kappa shape index (κ3) is 3.58. The smallest absolute Gasteiger partial charge is 0.243 e. The van der Waals surface area contributed by atoms with Crippen LogP contribution in [0.4, 0.5) is 5.69 Å². The minimum atomic E-state index is -3.42. The number of hydrogen-bond acceptors (Lipinski definition) is 3. The number of anilines is 1. The van der Waals surface area contributed by atoms with Gasteiger partial charge < -0.3 is 4.90 Å². The summed E-state index contributed by atoms with van der Waals surface area (Å²) in [7, 11) is -3.42. The van der Waals surface area contributed by atoms with Gasteiger partial charge in [-0.2, -0.15) is 4.31 Å². The van der Waals surface area contributed by atoms with Crippen LogP contribution in [0.25, 0.3) is 0 Å². The molecular weight excluding hydrogens is 344 g/mol. The van der Waals surface area contributed by atoms with E-state index in [-0.39, 0.29) is 0 Å². The second-order valence-corrected chi connectivity index (χ2v) is 8.24. The summed E-state index contributed by atoms with van der Waals surface area (Å²) in [6.45, 7) is 4.33. The van der Waals surface area contributed by atoms with Gasteiger partial charge in [-0.05, 0) is 42.3 Å². The number of benzene rings is 2. The normalized spacial score (nSPS) is 16.3. The second-order valence-electron chi connectivity index (χ2n) is 5.87. The van der Waals surface area contributed by atoms with E-state index in [1.54, 1.807) is 16.4 Å². The molecule has 6 heteroatoms. The third-order valence-electron chi connectivity index (χ3n) is 4.38. The first kappa shape index (κ1) is 17.3. The standard InChI is InChI=1S/C18H21ClN2O2S/c1-2-15-6-8-18(9-7-15)24(22,23)21-12-10-20(11-13-21)17-5-3-4-16(19)14-17/h3-9,14H,2,10-13H2,1H3.